The van der Waals surface area contributed by atoms with Gasteiger partial charge >= 0.3 is 0 Å². The van der Waals surface area contributed by atoms with Gasteiger partial charge in [-0.05, 0) is 48.5 Å². The second-order valence-electron chi connectivity index (χ2n) is 5.07. The number of ether oxygens (including phenoxy) is 1. The largest absolute Gasteiger partial charge is 0.484 e. The number of aromatic nitrogens is 2. The van der Waals surface area contributed by atoms with Crippen LogP contribution in [0.3, 0.4) is 0 Å². The maximum atomic E-state index is 12.8. The third-order valence-corrected chi connectivity index (χ3v) is 3.25. The Balaban J connectivity index is 1.47. The molecule has 1 heterocycles. The molecule has 132 valence electrons. The molecule has 0 radical (unpaired) electrons. The van der Waals surface area contributed by atoms with Crippen molar-refractivity contribution in [2.24, 2.45) is 0 Å². The fraction of sp³-hybridized carbons (Fsp3) is 0.0588. The highest BCUT2D eigenvalue weighted by Crippen LogP contribution is 2.16. The number of carbonyl (C=O) groups excluding carboxylic acids is 2. The van der Waals surface area contributed by atoms with E-state index in [1.54, 1.807) is 24.3 Å². The highest BCUT2D eigenvalue weighted by atomic mass is 19.1. The number of nitrogens with one attached hydrogen (secondary N) is 2. The highest BCUT2D eigenvalue weighted by Gasteiger charge is 2.10. The van der Waals surface area contributed by atoms with Gasteiger partial charge in [-0.3, -0.25) is 20.4 Å². The number of nitrogens with zero attached hydrogens (tertiary/aromatic N) is 2. The lowest BCUT2D eigenvalue weighted by Crippen LogP contribution is -2.43. The van der Waals surface area contributed by atoms with Crippen LogP contribution in [0.1, 0.15) is 10.4 Å². The Hall–Kier alpha value is -3.75. The highest BCUT2D eigenvalue weighted by molar-refractivity contribution is 5.95. The maximum Gasteiger partial charge on any atom is 0.276 e. The number of hydrogen-bond acceptors (Lipinski definition) is 6. The molecule has 0 bridgehead atoms. The number of rotatable bonds is 5. The Morgan fingerprint density at radius 1 is 1.04 bits per heavy atom. The normalized spacial score (nSPS) is 10.2. The molecule has 2 N–H and O–H groups in total. The molecule has 26 heavy (non-hydrogen) atoms. The third-order valence-electron chi connectivity index (χ3n) is 3.25. The molecule has 0 fully saturated rings. The zero-order valence-corrected chi connectivity index (χ0v) is 13.3. The summed E-state index contributed by atoms with van der Waals surface area (Å²) >= 11 is 0. The summed E-state index contributed by atoms with van der Waals surface area (Å²) in [6.45, 7) is -0.331. The molecule has 0 saturated heterocycles. The molecular formula is C17H13FN4O4. The van der Waals surface area contributed by atoms with Crippen LogP contribution in [-0.4, -0.2) is 28.6 Å². The number of amides is 2. The molecule has 3 aromatic rings. The van der Waals surface area contributed by atoms with E-state index in [0.29, 0.717) is 22.8 Å². The second kappa shape index (κ2) is 7.88. The van der Waals surface area contributed by atoms with Gasteiger partial charge in [-0.2, -0.15) is 0 Å². The lowest BCUT2D eigenvalue weighted by atomic mass is 10.1. The zero-order valence-electron chi connectivity index (χ0n) is 13.3. The van der Waals surface area contributed by atoms with Crippen LogP contribution in [0.2, 0.25) is 0 Å². The molecule has 2 amide bonds. The minimum absolute atomic E-state index is 0.327. The van der Waals surface area contributed by atoms with Gasteiger partial charge in [0.25, 0.3) is 11.8 Å². The molecule has 0 aliphatic heterocycles. The SMILES string of the molecule is O=C(COc1ccc(F)cc1)NNC(=O)c1ccc(-c2nnco2)cc1. The third kappa shape index (κ3) is 4.41. The van der Waals surface area contributed by atoms with Crippen molar-refractivity contribution in [3.8, 4) is 17.2 Å². The number of benzene rings is 2. The van der Waals surface area contributed by atoms with E-state index in [1.807, 2.05) is 0 Å². The summed E-state index contributed by atoms with van der Waals surface area (Å²) in [6, 6.07) is 11.6. The van der Waals surface area contributed by atoms with Crippen molar-refractivity contribution < 1.29 is 23.1 Å². The van der Waals surface area contributed by atoms with Crippen molar-refractivity contribution in [1.29, 1.82) is 0 Å². The van der Waals surface area contributed by atoms with E-state index in [1.165, 1.54) is 30.7 Å². The monoisotopic (exact) mass is 356 g/mol. The average molecular weight is 356 g/mol. The van der Waals surface area contributed by atoms with Crippen LogP contribution >= 0.6 is 0 Å². The molecule has 0 unspecified atom stereocenters. The van der Waals surface area contributed by atoms with E-state index < -0.39 is 17.6 Å². The first-order valence-corrected chi connectivity index (χ1v) is 7.46. The molecule has 3 rings (SSSR count). The predicted octanol–water partition coefficient (Wildman–Crippen LogP) is 1.72. The van der Waals surface area contributed by atoms with Crippen molar-refractivity contribution in [2.75, 3.05) is 6.61 Å². The van der Waals surface area contributed by atoms with E-state index >= 15 is 0 Å². The average Bonchev–Trinajstić information content (AvgIpc) is 3.20. The molecule has 0 spiro atoms. The smallest absolute Gasteiger partial charge is 0.276 e. The van der Waals surface area contributed by atoms with Gasteiger partial charge in [-0.15, -0.1) is 10.2 Å². The summed E-state index contributed by atoms with van der Waals surface area (Å²) in [4.78, 5) is 23.7. The van der Waals surface area contributed by atoms with Crippen LogP contribution in [-0.2, 0) is 4.79 Å². The van der Waals surface area contributed by atoms with Crippen LogP contribution in [0.5, 0.6) is 5.75 Å². The lowest BCUT2D eigenvalue weighted by molar-refractivity contribution is -0.123. The Bertz CT molecular complexity index is 880. The zero-order chi connectivity index (χ0) is 18.4. The first-order chi connectivity index (χ1) is 12.6. The quantitative estimate of drug-likeness (QED) is 0.674. The minimum Gasteiger partial charge on any atom is -0.484 e. The topological polar surface area (TPSA) is 106 Å². The molecule has 0 saturated carbocycles. The van der Waals surface area contributed by atoms with Gasteiger partial charge in [0, 0.05) is 11.1 Å². The van der Waals surface area contributed by atoms with E-state index in [4.69, 9.17) is 9.15 Å². The van der Waals surface area contributed by atoms with E-state index in [0.717, 1.165) is 0 Å². The summed E-state index contributed by atoms with van der Waals surface area (Å²) in [5, 5.41) is 7.34. The number of hydrogen-bond donors (Lipinski definition) is 2. The lowest BCUT2D eigenvalue weighted by Gasteiger charge is -2.09. The number of carbonyl (C=O) groups is 2. The Morgan fingerprint density at radius 2 is 1.77 bits per heavy atom. The molecule has 0 atom stereocenters. The van der Waals surface area contributed by atoms with Crippen LogP contribution in [0, 0.1) is 5.82 Å². The molecule has 0 aliphatic rings. The number of hydrazine groups is 1. The van der Waals surface area contributed by atoms with Gasteiger partial charge in [0.1, 0.15) is 11.6 Å². The second-order valence-corrected chi connectivity index (χ2v) is 5.07. The molecule has 0 aliphatic carbocycles. The van der Waals surface area contributed by atoms with Crippen molar-refractivity contribution in [2.45, 2.75) is 0 Å². The van der Waals surface area contributed by atoms with Crippen molar-refractivity contribution in [3.63, 3.8) is 0 Å². The Morgan fingerprint density at radius 3 is 2.42 bits per heavy atom. The van der Waals surface area contributed by atoms with Crippen molar-refractivity contribution in [3.05, 3.63) is 66.3 Å². The van der Waals surface area contributed by atoms with Gasteiger partial charge in [-0.25, -0.2) is 4.39 Å². The van der Waals surface area contributed by atoms with Crippen LogP contribution in [0.15, 0.2) is 59.3 Å². The van der Waals surface area contributed by atoms with E-state index in [-0.39, 0.29) is 6.61 Å². The van der Waals surface area contributed by atoms with Crippen LogP contribution in [0.25, 0.3) is 11.5 Å². The summed E-state index contributed by atoms with van der Waals surface area (Å²) in [5.41, 5.74) is 5.48. The fourth-order valence-electron chi connectivity index (χ4n) is 1.98. The maximum absolute atomic E-state index is 12.8. The first-order valence-electron chi connectivity index (χ1n) is 7.46. The Labute approximate surface area is 147 Å². The van der Waals surface area contributed by atoms with E-state index in [2.05, 4.69) is 21.0 Å². The van der Waals surface area contributed by atoms with Crippen LogP contribution in [0.4, 0.5) is 4.39 Å². The van der Waals surface area contributed by atoms with Gasteiger partial charge in [0.2, 0.25) is 12.3 Å². The standard InChI is InChI=1S/C17H13FN4O4/c18-13-5-7-14(8-6-13)25-9-15(23)20-21-16(24)11-1-3-12(4-2-11)17-22-19-10-26-17/h1-8,10H,9H2,(H,20,23)(H,21,24). The summed E-state index contributed by atoms with van der Waals surface area (Å²) in [6.07, 6.45) is 1.21. The van der Waals surface area contributed by atoms with Gasteiger partial charge in [0.05, 0.1) is 0 Å². The predicted molar refractivity (Wildman–Crippen MR) is 87.2 cm³/mol. The summed E-state index contributed by atoms with van der Waals surface area (Å²) < 4.78 is 23.0. The van der Waals surface area contributed by atoms with E-state index in [9.17, 15) is 14.0 Å². The molecule has 1 aromatic heterocycles. The van der Waals surface area contributed by atoms with Gasteiger partial charge in [-0.1, -0.05) is 0 Å². The van der Waals surface area contributed by atoms with Crippen molar-refractivity contribution in [1.82, 2.24) is 21.0 Å². The molecule has 8 nitrogen and oxygen atoms in total. The minimum atomic E-state index is -0.565. The molecular weight excluding hydrogens is 343 g/mol. The summed E-state index contributed by atoms with van der Waals surface area (Å²) in [7, 11) is 0. The fourth-order valence-corrected chi connectivity index (χ4v) is 1.98. The molecule has 9 heteroatoms. The first kappa shape index (κ1) is 17.1. The molecule has 2 aromatic carbocycles. The van der Waals surface area contributed by atoms with Gasteiger partial charge < -0.3 is 9.15 Å². The van der Waals surface area contributed by atoms with Gasteiger partial charge in [0.15, 0.2) is 6.61 Å². The van der Waals surface area contributed by atoms with Crippen LogP contribution < -0.4 is 15.6 Å². The summed E-state index contributed by atoms with van der Waals surface area (Å²) in [5.74, 6) is -0.797. The van der Waals surface area contributed by atoms with Crippen molar-refractivity contribution >= 4 is 11.8 Å². The Kier molecular flexibility index (Phi) is 5.18. The number of halogens is 1.